The maximum Gasteiger partial charge on any atom is 0.352 e. The molecule has 6 nitrogen and oxygen atoms in total. The molecule has 0 amide bonds. The van der Waals surface area contributed by atoms with Gasteiger partial charge in [-0.05, 0) is 32.3 Å². The Hall–Kier alpha value is -1.34. The van der Waals surface area contributed by atoms with E-state index in [2.05, 4.69) is 4.72 Å². The van der Waals surface area contributed by atoms with Gasteiger partial charge >= 0.3 is 5.97 Å². The third-order valence-corrected chi connectivity index (χ3v) is 5.56. The lowest BCUT2D eigenvalue weighted by Crippen LogP contribution is -2.43. The summed E-state index contributed by atoms with van der Waals surface area (Å²) >= 11 is 0. The fourth-order valence-corrected chi connectivity index (χ4v) is 4.38. The fourth-order valence-electron chi connectivity index (χ4n) is 2.88. The molecule has 1 fully saturated rings. The van der Waals surface area contributed by atoms with Gasteiger partial charge in [-0.25, -0.2) is 17.9 Å². The summed E-state index contributed by atoms with van der Waals surface area (Å²) in [6.45, 7) is 4.30. The van der Waals surface area contributed by atoms with Gasteiger partial charge in [0.05, 0.1) is 0 Å². The summed E-state index contributed by atoms with van der Waals surface area (Å²) in [6, 6.07) is 1.23. The quantitative estimate of drug-likeness (QED) is 0.842. The van der Waals surface area contributed by atoms with Crippen LogP contribution in [0.4, 0.5) is 0 Å². The van der Waals surface area contributed by atoms with Crippen molar-refractivity contribution >= 4 is 16.0 Å². The number of rotatable bonds is 6. The van der Waals surface area contributed by atoms with Gasteiger partial charge in [-0.1, -0.05) is 19.8 Å². The van der Waals surface area contributed by atoms with Crippen LogP contribution in [0.15, 0.2) is 17.2 Å². The molecule has 2 rings (SSSR count). The Bertz CT molecular complexity index is 627. The standard InChI is InChI=1S/C14H22N2O4S/c1-3-8-16-10-11(9-12(16)13(17)18)21(19,20)15-14(2)6-4-5-7-14/h9-10,15H,3-8H2,1-2H3,(H,17,18). The second-order valence-corrected chi connectivity index (χ2v) is 7.62. The SMILES string of the molecule is CCCn1cc(S(=O)(=O)NC2(C)CCCC2)cc1C(=O)O. The molecule has 0 aromatic carbocycles. The largest absolute Gasteiger partial charge is 0.477 e. The Morgan fingerprint density at radius 1 is 1.43 bits per heavy atom. The monoisotopic (exact) mass is 314 g/mol. The van der Waals surface area contributed by atoms with Gasteiger partial charge in [-0.2, -0.15) is 0 Å². The molecule has 2 N–H and O–H groups in total. The molecule has 1 aromatic heterocycles. The highest BCUT2D eigenvalue weighted by atomic mass is 32.2. The molecule has 21 heavy (non-hydrogen) atoms. The molecular formula is C14H22N2O4S. The van der Waals surface area contributed by atoms with Crippen molar-refractivity contribution in [1.29, 1.82) is 0 Å². The van der Waals surface area contributed by atoms with Crippen molar-refractivity contribution in [3.05, 3.63) is 18.0 Å². The second-order valence-electron chi connectivity index (χ2n) is 5.93. The van der Waals surface area contributed by atoms with Crippen molar-refractivity contribution in [2.45, 2.75) is 62.9 Å². The first-order valence-electron chi connectivity index (χ1n) is 7.25. The first-order chi connectivity index (χ1) is 9.77. The van der Waals surface area contributed by atoms with E-state index in [9.17, 15) is 18.3 Å². The third-order valence-electron chi connectivity index (χ3n) is 3.95. The Kier molecular flexibility index (Phi) is 4.43. The van der Waals surface area contributed by atoms with Gasteiger partial charge in [0.2, 0.25) is 10.0 Å². The van der Waals surface area contributed by atoms with E-state index in [-0.39, 0.29) is 10.6 Å². The number of carboxylic acids is 1. The van der Waals surface area contributed by atoms with Crippen molar-refractivity contribution in [2.75, 3.05) is 0 Å². The third kappa shape index (κ3) is 3.47. The van der Waals surface area contributed by atoms with Crippen molar-refractivity contribution in [3.63, 3.8) is 0 Å². The van der Waals surface area contributed by atoms with E-state index in [0.717, 1.165) is 32.1 Å². The predicted octanol–water partition coefficient (Wildman–Crippen LogP) is 2.21. The first kappa shape index (κ1) is 16.0. The minimum absolute atomic E-state index is 0.00815. The Morgan fingerprint density at radius 3 is 2.57 bits per heavy atom. The molecule has 7 heteroatoms. The molecule has 0 bridgehead atoms. The van der Waals surface area contributed by atoms with Crippen molar-refractivity contribution in [3.8, 4) is 0 Å². The molecular weight excluding hydrogens is 292 g/mol. The molecule has 118 valence electrons. The molecule has 0 radical (unpaired) electrons. The average Bonchev–Trinajstić information content (AvgIpc) is 2.96. The van der Waals surface area contributed by atoms with E-state index in [1.807, 2.05) is 13.8 Å². The van der Waals surface area contributed by atoms with Gasteiger partial charge in [0.15, 0.2) is 0 Å². The second kappa shape index (κ2) is 5.81. The summed E-state index contributed by atoms with van der Waals surface area (Å²) < 4.78 is 29.2. The highest BCUT2D eigenvalue weighted by Crippen LogP contribution is 2.30. The summed E-state index contributed by atoms with van der Waals surface area (Å²) in [5.41, 5.74) is -0.413. The Morgan fingerprint density at radius 2 is 2.05 bits per heavy atom. The summed E-state index contributed by atoms with van der Waals surface area (Å²) in [4.78, 5) is 11.2. The van der Waals surface area contributed by atoms with Crippen LogP contribution >= 0.6 is 0 Å². The number of hydrogen-bond donors (Lipinski definition) is 2. The van der Waals surface area contributed by atoms with Crippen LogP contribution in [0.25, 0.3) is 0 Å². The Balaban J connectivity index is 2.31. The average molecular weight is 314 g/mol. The first-order valence-corrected chi connectivity index (χ1v) is 8.73. The van der Waals surface area contributed by atoms with Gasteiger partial charge in [-0.3, -0.25) is 0 Å². The molecule has 1 aromatic rings. The minimum atomic E-state index is -3.69. The van der Waals surface area contributed by atoms with Crippen LogP contribution < -0.4 is 4.72 Å². The van der Waals surface area contributed by atoms with Crippen LogP contribution in [0.5, 0.6) is 0 Å². The fraction of sp³-hybridized carbons (Fsp3) is 0.643. The number of aromatic nitrogens is 1. The number of nitrogens with one attached hydrogen (secondary N) is 1. The minimum Gasteiger partial charge on any atom is -0.477 e. The van der Waals surface area contributed by atoms with Crippen LogP contribution in [0.3, 0.4) is 0 Å². The van der Waals surface area contributed by atoms with Crippen molar-refractivity contribution < 1.29 is 18.3 Å². The summed E-state index contributed by atoms with van der Waals surface area (Å²) in [6.07, 6.45) is 5.79. The predicted molar refractivity (Wildman–Crippen MR) is 78.9 cm³/mol. The van der Waals surface area contributed by atoms with Gasteiger partial charge in [0, 0.05) is 18.3 Å². The number of carboxylic acid groups (broad SMARTS) is 1. The number of aromatic carboxylic acids is 1. The zero-order valence-electron chi connectivity index (χ0n) is 12.4. The zero-order valence-corrected chi connectivity index (χ0v) is 13.2. The molecule has 1 saturated carbocycles. The summed E-state index contributed by atoms with van der Waals surface area (Å²) in [7, 11) is -3.69. The number of nitrogens with zero attached hydrogens (tertiary/aromatic N) is 1. The lowest BCUT2D eigenvalue weighted by molar-refractivity contribution is 0.0685. The summed E-state index contributed by atoms with van der Waals surface area (Å²) in [5.74, 6) is -1.11. The number of carbonyl (C=O) groups is 1. The van der Waals surface area contributed by atoms with E-state index >= 15 is 0 Å². The smallest absolute Gasteiger partial charge is 0.352 e. The van der Waals surface area contributed by atoms with Gasteiger partial charge in [-0.15, -0.1) is 0 Å². The topological polar surface area (TPSA) is 88.4 Å². The van der Waals surface area contributed by atoms with Crippen LogP contribution in [0, 0.1) is 0 Å². The number of aryl methyl sites for hydroxylation is 1. The molecule has 0 atom stereocenters. The zero-order chi connectivity index (χ0) is 15.7. The highest BCUT2D eigenvalue weighted by Gasteiger charge is 2.34. The summed E-state index contributed by atoms with van der Waals surface area (Å²) in [5, 5.41) is 9.17. The van der Waals surface area contributed by atoms with Crippen LogP contribution in [0.2, 0.25) is 0 Å². The Labute approximate surface area is 125 Å². The van der Waals surface area contributed by atoms with Crippen LogP contribution in [0.1, 0.15) is 56.4 Å². The maximum absolute atomic E-state index is 12.5. The van der Waals surface area contributed by atoms with Crippen LogP contribution in [-0.2, 0) is 16.6 Å². The van der Waals surface area contributed by atoms with Crippen molar-refractivity contribution in [1.82, 2.24) is 9.29 Å². The van der Waals surface area contributed by atoms with Gasteiger partial charge in [0.25, 0.3) is 0 Å². The lowest BCUT2D eigenvalue weighted by Gasteiger charge is -2.24. The van der Waals surface area contributed by atoms with E-state index in [0.29, 0.717) is 6.54 Å². The number of hydrogen-bond acceptors (Lipinski definition) is 3. The van der Waals surface area contributed by atoms with E-state index in [4.69, 9.17) is 0 Å². The van der Waals surface area contributed by atoms with Gasteiger partial charge in [0.1, 0.15) is 10.6 Å². The maximum atomic E-state index is 12.5. The molecule has 1 aliphatic rings. The molecule has 1 heterocycles. The lowest BCUT2D eigenvalue weighted by atomic mass is 10.0. The molecule has 0 saturated heterocycles. The van der Waals surface area contributed by atoms with E-state index in [1.165, 1.54) is 16.8 Å². The van der Waals surface area contributed by atoms with Crippen molar-refractivity contribution in [2.24, 2.45) is 0 Å². The van der Waals surface area contributed by atoms with Gasteiger partial charge < -0.3 is 9.67 Å². The molecule has 0 unspecified atom stereocenters. The van der Waals surface area contributed by atoms with E-state index in [1.54, 1.807) is 0 Å². The van der Waals surface area contributed by atoms with Crippen LogP contribution in [-0.4, -0.2) is 29.6 Å². The van der Waals surface area contributed by atoms with E-state index < -0.39 is 21.5 Å². The molecule has 1 aliphatic carbocycles. The molecule has 0 aliphatic heterocycles. The molecule has 0 spiro atoms. The normalized spacial score (nSPS) is 18.0. The highest BCUT2D eigenvalue weighted by molar-refractivity contribution is 7.89. The number of sulfonamides is 1.